The summed E-state index contributed by atoms with van der Waals surface area (Å²) in [6.07, 6.45) is 2.61. The van der Waals surface area contributed by atoms with Gasteiger partial charge >= 0.3 is 0 Å². The second-order valence-corrected chi connectivity index (χ2v) is 6.42. The predicted molar refractivity (Wildman–Crippen MR) is 86.6 cm³/mol. The molecule has 2 rings (SSSR count). The number of halogens is 1. The molecule has 0 unspecified atom stereocenters. The van der Waals surface area contributed by atoms with Crippen LogP contribution in [-0.2, 0) is 10.2 Å². The fourth-order valence-electron chi connectivity index (χ4n) is 2.15. The van der Waals surface area contributed by atoms with Gasteiger partial charge in [0.05, 0.1) is 6.54 Å². The smallest absolute Gasteiger partial charge is 0.238 e. The first-order valence-corrected chi connectivity index (χ1v) is 7.07. The minimum atomic E-state index is 0. The fraction of sp³-hybridized carbons (Fsp3) is 0.562. The Bertz CT molecular complexity index is 450. The van der Waals surface area contributed by atoms with E-state index in [1.54, 1.807) is 0 Å². The first-order chi connectivity index (χ1) is 8.97. The van der Waals surface area contributed by atoms with Crippen LogP contribution in [0, 0.1) is 5.92 Å². The number of carbonyl (C=O) groups excluding carboxylic acids is 1. The number of benzene rings is 1. The topological polar surface area (TPSA) is 41.1 Å². The van der Waals surface area contributed by atoms with Crippen LogP contribution >= 0.6 is 12.4 Å². The maximum absolute atomic E-state index is 11.9. The summed E-state index contributed by atoms with van der Waals surface area (Å²) in [5.41, 5.74) is 2.13. The summed E-state index contributed by atoms with van der Waals surface area (Å²) < 4.78 is 0. The third-order valence-corrected chi connectivity index (χ3v) is 3.42. The predicted octanol–water partition coefficient (Wildman–Crippen LogP) is 3.34. The lowest BCUT2D eigenvalue weighted by Gasteiger charge is -2.23. The van der Waals surface area contributed by atoms with Gasteiger partial charge in [0.2, 0.25) is 5.91 Å². The molecule has 1 aromatic rings. The lowest BCUT2D eigenvalue weighted by atomic mass is 9.86. The minimum Gasteiger partial charge on any atom is -0.325 e. The molecule has 2 N–H and O–H groups in total. The highest BCUT2D eigenvalue weighted by molar-refractivity contribution is 5.93. The second-order valence-electron chi connectivity index (χ2n) is 6.42. The molecule has 0 bridgehead atoms. The lowest BCUT2D eigenvalue weighted by molar-refractivity contribution is -0.115. The Kier molecular flexibility index (Phi) is 6.03. The molecule has 0 radical (unpaired) electrons. The van der Waals surface area contributed by atoms with Gasteiger partial charge in [-0.2, -0.15) is 0 Å². The summed E-state index contributed by atoms with van der Waals surface area (Å²) in [6, 6.07) is 8.02. The van der Waals surface area contributed by atoms with Gasteiger partial charge < -0.3 is 10.6 Å². The Morgan fingerprint density at radius 1 is 1.25 bits per heavy atom. The van der Waals surface area contributed by atoms with Crippen LogP contribution in [0.4, 0.5) is 5.69 Å². The zero-order valence-electron chi connectivity index (χ0n) is 12.5. The largest absolute Gasteiger partial charge is 0.325 e. The Hall–Kier alpha value is -1.06. The molecule has 20 heavy (non-hydrogen) atoms. The molecule has 1 aliphatic rings. The van der Waals surface area contributed by atoms with Crippen LogP contribution < -0.4 is 10.6 Å². The van der Waals surface area contributed by atoms with Crippen molar-refractivity contribution in [1.29, 1.82) is 0 Å². The van der Waals surface area contributed by atoms with E-state index in [4.69, 9.17) is 0 Å². The van der Waals surface area contributed by atoms with Crippen LogP contribution in [0.15, 0.2) is 24.3 Å². The van der Waals surface area contributed by atoms with Crippen molar-refractivity contribution < 1.29 is 4.79 Å². The van der Waals surface area contributed by atoms with E-state index in [0.717, 1.165) is 18.2 Å². The van der Waals surface area contributed by atoms with Crippen molar-refractivity contribution in [2.24, 2.45) is 5.92 Å². The summed E-state index contributed by atoms with van der Waals surface area (Å²) in [6.45, 7) is 7.83. The molecule has 0 atom stereocenters. The van der Waals surface area contributed by atoms with E-state index in [2.05, 4.69) is 37.5 Å². The van der Waals surface area contributed by atoms with E-state index in [1.807, 2.05) is 18.2 Å². The van der Waals surface area contributed by atoms with Crippen LogP contribution in [0.25, 0.3) is 0 Å². The number of carbonyl (C=O) groups is 1. The van der Waals surface area contributed by atoms with Crippen molar-refractivity contribution in [2.75, 3.05) is 18.4 Å². The molecule has 3 nitrogen and oxygen atoms in total. The average Bonchev–Trinajstić information content (AvgIpc) is 3.12. The van der Waals surface area contributed by atoms with Gasteiger partial charge in [0.1, 0.15) is 0 Å². The van der Waals surface area contributed by atoms with Gasteiger partial charge in [-0.25, -0.2) is 0 Å². The van der Waals surface area contributed by atoms with E-state index in [-0.39, 0.29) is 23.7 Å². The standard InChI is InChI=1S/C16H24N2O.ClH/c1-16(2,3)13-6-4-5-7-14(13)18-15(19)11-17-10-12-8-9-12;/h4-7,12,17H,8-11H2,1-3H3,(H,18,19);1H. The third kappa shape index (κ3) is 5.14. The van der Waals surface area contributed by atoms with Gasteiger partial charge in [-0.15, -0.1) is 12.4 Å². The third-order valence-electron chi connectivity index (χ3n) is 3.42. The molecule has 1 aromatic carbocycles. The molecule has 0 spiro atoms. The van der Waals surface area contributed by atoms with E-state index in [9.17, 15) is 4.79 Å². The van der Waals surface area contributed by atoms with Gasteiger partial charge in [-0.1, -0.05) is 39.0 Å². The maximum atomic E-state index is 11.9. The average molecular weight is 297 g/mol. The fourth-order valence-corrected chi connectivity index (χ4v) is 2.15. The molecule has 1 saturated carbocycles. The van der Waals surface area contributed by atoms with E-state index in [0.29, 0.717) is 6.54 Å². The van der Waals surface area contributed by atoms with E-state index >= 15 is 0 Å². The van der Waals surface area contributed by atoms with Crippen molar-refractivity contribution in [2.45, 2.75) is 39.0 Å². The summed E-state index contributed by atoms with van der Waals surface area (Å²) in [5, 5.41) is 6.22. The summed E-state index contributed by atoms with van der Waals surface area (Å²) in [4.78, 5) is 11.9. The van der Waals surface area contributed by atoms with Gasteiger partial charge in [0.25, 0.3) is 0 Å². The lowest BCUT2D eigenvalue weighted by Crippen LogP contribution is -2.30. The normalized spacial score (nSPS) is 14.6. The van der Waals surface area contributed by atoms with Crippen molar-refractivity contribution >= 4 is 24.0 Å². The summed E-state index contributed by atoms with van der Waals surface area (Å²) in [7, 11) is 0. The highest BCUT2D eigenvalue weighted by Crippen LogP contribution is 2.29. The number of hydrogen-bond donors (Lipinski definition) is 2. The first kappa shape index (κ1) is 17.0. The van der Waals surface area contributed by atoms with Crippen LogP contribution in [0.3, 0.4) is 0 Å². The molecule has 1 aliphatic carbocycles. The van der Waals surface area contributed by atoms with E-state index in [1.165, 1.54) is 18.4 Å². The van der Waals surface area contributed by atoms with Crippen molar-refractivity contribution in [3.8, 4) is 0 Å². The molecular weight excluding hydrogens is 272 g/mol. The molecule has 112 valence electrons. The van der Waals surface area contributed by atoms with Crippen LogP contribution in [0.5, 0.6) is 0 Å². The summed E-state index contributed by atoms with van der Waals surface area (Å²) >= 11 is 0. The maximum Gasteiger partial charge on any atom is 0.238 e. The zero-order valence-corrected chi connectivity index (χ0v) is 13.3. The van der Waals surface area contributed by atoms with Crippen LogP contribution in [0.1, 0.15) is 39.2 Å². The molecule has 4 heteroatoms. The number of amides is 1. The van der Waals surface area contributed by atoms with Gasteiger partial charge in [-0.05, 0) is 42.3 Å². The SMILES string of the molecule is CC(C)(C)c1ccccc1NC(=O)CNCC1CC1.Cl. The number of para-hydroxylation sites is 1. The van der Waals surface area contributed by atoms with Gasteiger partial charge in [0, 0.05) is 5.69 Å². The number of rotatable bonds is 5. The Balaban J connectivity index is 0.00000200. The number of hydrogen-bond acceptors (Lipinski definition) is 2. The Morgan fingerprint density at radius 2 is 1.90 bits per heavy atom. The Labute approximate surface area is 127 Å². The number of anilines is 1. The van der Waals surface area contributed by atoms with Gasteiger partial charge in [-0.3, -0.25) is 4.79 Å². The van der Waals surface area contributed by atoms with Crippen molar-refractivity contribution in [1.82, 2.24) is 5.32 Å². The molecule has 0 aromatic heterocycles. The van der Waals surface area contributed by atoms with Crippen LogP contribution in [-0.4, -0.2) is 19.0 Å². The van der Waals surface area contributed by atoms with Gasteiger partial charge in [0.15, 0.2) is 0 Å². The summed E-state index contributed by atoms with van der Waals surface area (Å²) in [5.74, 6) is 0.840. The highest BCUT2D eigenvalue weighted by Gasteiger charge is 2.21. The molecule has 0 aliphatic heterocycles. The minimum absolute atomic E-state index is 0. The zero-order chi connectivity index (χ0) is 13.9. The molecule has 1 amide bonds. The molecular formula is C16H25ClN2O. The molecule has 0 saturated heterocycles. The first-order valence-electron chi connectivity index (χ1n) is 7.07. The second kappa shape index (κ2) is 7.09. The van der Waals surface area contributed by atoms with Crippen molar-refractivity contribution in [3.63, 3.8) is 0 Å². The number of nitrogens with one attached hydrogen (secondary N) is 2. The quantitative estimate of drug-likeness (QED) is 0.875. The van der Waals surface area contributed by atoms with Crippen LogP contribution in [0.2, 0.25) is 0 Å². The molecule has 0 heterocycles. The molecule has 1 fully saturated rings. The van der Waals surface area contributed by atoms with E-state index < -0.39 is 0 Å². The Morgan fingerprint density at radius 3 is 2.50 bits per heavy atom. The van der Waals surface area contributed by atoms with Crippen molar-refractivity contribution in [3.05, 3.63) is 29.8 Å². The monoisotopic (exact) mass is 296 g/mol. The highest BCUT2D eigenvalue weighted by atomic mass is 35.5.